The van der Waals surface area contributed by atoms with E-state index in [1.807, 2.05) is 0 Å². The van der Waals surface area contributed by atoms with Crippen LogP contribution in [0.4, 0.5) is 0 Å². The molecule has 1 aliphatic carbocycles. The van der Waals surface area contributed by atoms with E-state index in [1.54, 1.807) is 0 Å². The molecule has 0 heteroatoms. The molecule has 0 spiro atoms. The van der Waals surface area contributed by atoms with E-state index in [0.29, 0.717) is 5.41 Å². The maximum Gasteiger partial charge on any atom is -0.0326 e. The van der Waals surface area contributed by atoms with Crippen molar-refractivity contribution >= 4 is 0 Å². The van der Waals surface area contributed by atoms with E-state index in [-0.39, 0.29) is 0 Å². The van der Waals surface area contributed by atoms with Gasteiger partial charge >= 0.3 is 0 Å². The van der Waals surface area contributed by atoms with Gasteiger partial charge in [-0.3, -0.25) is 0 Å². The summed E-state index contributed by atoms with van der Waals surface area (Å²) in [5.41, 5.74) is 0.609. The summed E-state index contributed by atoms with van der Waals surface area (Å²) >= 11 is 0. The topological polar surface area (TPSA) is 0 Å². The van der Waals surface area contributed by atoms with Gasteiger partial charge in [0.2, 0.25) is 0 Å². The molecule has 0 bridgehead atoms. The highest BCUT2D eigenvalue weighted by atomic mass is 14.4. The first-order chi connectivity index (χ1) is 4.54. The summed E-state index contributed by atoms with van der Waals surface area (Å²) < 4.78 is 0. The van der Waals surface area contributed by atoms with Crippen LogP contribution >= 0.6 is 0 Å². The summed E-state index contributed by atoms with van der Waals surface area (Å²) in [4.78, 5) is 0. The molecule has 0 N–H and O–H groups in total. The molecular weight excluding hydrogens is 120 g/mol. The molecule has 1 aliphatic rings. The van der Waals surface area contributed by atoms with Crippen molar-refractivity contribution in [1.29, 1.82) is 0 Å². The molecule has 0 aliphatic heterocycles. The monoisotopic (exact) mass is 140 g/mol. The summed E-state index contributed by atoms with van der Waals surface area (Å²) in [5, 5.41) is 0. The standard InChI is InChI=1S/C10H20/c1-8-6-5-7-10(3,4)9(8)2/h8-9H,5-7H2,1-4H3/t8?,9-/m1/s1. The van der Waals surface area contributed by atoms with Crippen LogP contribution in [0, 0.1) is 17.3 Å². The second-order valence-corrected chi connectivity index (χ2v) is 4.65. The van der Waals surface area contributed by atoms with Gasteiger partial charge in [0.1, 0.15) is 0 Å². The van der Waals surface area contributed by atoms with Gasteiger partial charge in [-0.1, -0.05) is 40.5 Å². The predicted molar refractivity (Wildman–Crippen MR) is 46.0 cm³/mol. The molecule has 0 aromatic carbocycles. The highest BCUT2D eigenvalue weighted by Crippen LogP contribution is 2.43. The van der Waals surface area contributed by atoms with Crippen molar-refractivity contribution in [3.8, 4) is 0 Å². The molecule has 2 atom stereocenters. The minimum atomic E-state index is 0.609. The second kappa shape index (κ2) is 2.56. The van der Waals surface area contributed by atoms with Crippen molar-refractivity contribution in [2.75, 3.05) is 0 Å². The molecule has 0 aromatic heterocycles. The van der Waals surface area contributed by atoms with Crippen LogP contribution in [0.25, 0.3) is 0 Å². The zero-order valence-electron chi connectivity index (χ0n) is 7.78. The van der Waals surface area contributed by atoms with Crippen LogP contribution in [-0.2, 0) is 0 Å². The van der Waals surface area contributed by atoms with Gasteiger partial charge in [0.15, 0.2) is 0 Å². The van der Waals surface area contributed by atoms with E-state index in [0.717, 1.165) is 11.8 Å². The Morgan fingerprint density at radius 3 is 2.20 bits per heavy atom. The third kappa shape index (κ3) is 1.36. The Morgan fingerprint density at radius 1 is 1.20 bits per heavy atom. The highest BCUT2D eigenvalue weighted by Gasteiger charge is 2.32. The normalized spacial score (nSPS) is 39.6. The van der Waals surface area contributed by atoms with Crippen molar-refractivity contribution in [1.82, 2.24) is 0 Å². The Hall–Kier alpha value is 0. The maximum atomic E-state index is 2.41. The molecule has 0 aromatic rings. The lowest BCUT2D eigenvalue weighted by molar-refractivity contribution is 0.0996. The molecule has 0 heterocycles. The van der Waals surface area contributed by atoms with E-state index >= 15 is 0 Å². The van der Waals surface area contributed by atoms with Gasteiger partial charge in [-0.2, -0.15) is 0 Å². The lowest BCUT2D eigenvalue weighted by Crippen LogP contribution is -2.31. The SMILES string of the molecule is CC1CCCC(C)(C)[C@@H]1C. The lowest BCUT2D eigenvalue weighted by Gasteiger charge is -2.40. The Balaban J connectivity index is 2.60. The van der Waals surface area contributed by atoms with Crippen molar-refractivity contribution < 1.29 is 0 Å². The quantitative estimate of drug-likeness (QED) is 0.483. The minimum absolute atomic E-state index is 0.609. The molecule has 1 rings (SSSR count). The predicted octanol–water partition coefficient (Wildman–Crippen LogP) is 3.47. The molecule has 1 unspecified atom stereocenters. The second-order valence-electron chi connectivity index (χ2n) is 4.65. The van der Waals surface area contributed by atoms with E-state index in [9.17, 15) is 0 Å². The molecular formula is C10H20. The van der Waals surface area contributed by atoms with Crippen LogP contribution in [0.5, 0.6) is 0 Å². The number of hydrogen-bond donors (Lipinski definition) is 0. The van der Waals surface area contributed by atoms with Crippen molar-refractivity contribution in [2.24, 2.45) is 17.3 Å². The third-order valence-corrected chi connectivity index (χ3v) is 3.57. The summed E-state index contributed by atoms with van der Waals surface area (Å²) in [6.07, 6.45) is 4.32. The van der Waals surface area contributed by atoms with E-state index in [2.05, 4.69) is 27.7 Å². The Kier molecular flexibility index (Phi) is 2.07. The van der Waals surface area contributed by atoms with Gasteiger partial charge in [-0.15, -0.1) is 0 Å². The molecule has 0 amide bonds. The summed E-state index contributed by atoms with van der Waals surface area (Å²) in [5.74, 6) is 1.87. The van der Waals surface area contributed by atoms with Gasteiger partial charge in [0.25, 0.3) is 0 Å². The van der Waals surface area contributed by atoms with E-state index in [1.165, 1.54) is 19.3 Å². The van der Waals surface area contributed by atoms with Crippen LogP contribution in [0.2, 0.25) is 0 Å². The minimum Gasteiger partial charge on any atom is -0.0622 e. The number of rotatable bonds is 0. The van der Waals surface area contributed by atoms with Gasteiger partial charge in [-0.05, 0) is 23.7 Å². The Bertz CT molecular complexity index is 113. The first-order valence-corrected chi connectivity index (χ1v) is 4.54. The van der Waals surface area contributed by atoms with Crippen LogP contribution < -0.4 is 0 Å². The first-order valence-electron chi connectivity index (χ1n) is 4.54. The first kappa shape index (κ1) is 8.10. The summed E-state index contributed by atoms with van der Waals surface area (Å²) in [6.45, 7) is 9.62. The molecule has 10 heavy (non-hydrogen) atoms. The van der Waals surface area contributed by atoms with Crippen LogP contribution in [0.15, 0.2) is 0 Å². The van der Waals surface area contributed by atoms with Crippen LogP contribution in [0.1, 0.15) is 47.0 Å². The zero-order valence-corrected chi connectivity index (χ0v) is 7.78. The molecule has 0 nitrogen and oxygen atoms in total. The fourth-order valence-corrected chi connectivity index (χ4v) is 2.13. The molecule has 1 saturated carbocycles. The fraction of sp³-hybridized carbons (Fsp3) is 1.00. The van der Waals surface area contributed by atoms with Crippen LogP contribution in [-0.4, -0.2) is 0 Å². The van der Waals surface area contributed by atoms with Crippen molar-refractivity contribution in [3.63, 3.8) is 0 Å². The summed E-state index contributed by atoms with van der Waals surface area (Å²) in [6, 6.07) is 0. The smallest absolute Gasteiger partial charge is 0.0326 e. The molecule has 1 fully saturated rings. The zero-order chi connectivity index (χ0) is 7.78. The van der Waals surface area contributed by atoms with Gasteiger partial charge < -0.3 is 0 Å². The lowest BCUT2D eigenvalue weighted by atomic mass is 9.65. The largest absolute Gasteiger partial charge is 0.0622 e. The molecule has 0 radical (unpaired) electrons. The Labute approximate surface area is 65.0 Å². The average molecular weight is 140 g/mol. The fourth-order valence-electron chi connectivity index (χ4n) is 2.13. The average Bonchev–Trinajstić information content (AvgIpc) is 1.83. The molecule has 60 valence electrons. The van der Waals surface area contributed by atoms with Gasteiger partial charge in [0, 0.05) is 0 Å². The van der Waals surface area contributed by atoms with Crippen molar-refractivity contribution in [3.05, 3.63) is 0 Å². The van der Waals surface area contributed by atoms with Gasteiger partial charge in [-0.25, -0.2) is 0 Å². The molecule has 0 saturated heterocycles. The highest BCUT2D eigenvalue weighted by molar-refractivity contribution is 4.83. The third-order valence-electron chi connectivity index (χ3n) is 3.57. The van der Waals surface area contributed by atoms with Gasteiger partial charge in [0.05, 0.1) is 0 Å². The van der Waals surface area contributed by atoms with Crippen LogP contribution in [0.3, 0.4) is 0 Å². The van der Waals surface area contributed by atoms with E-state index < -0.39 is 0 Å². The maximum absolute atomic E-state index is 2.41. The van der Waals surface area contributed by atoms with E-state index in [4.69, 9.17) is 0 Å². The van der Waals surface area contributed by atoms with Crippen molar-refractivity contribution in [2.45, 2.75) is 47.0 Å². The summed E-state index contributed by atoms with van der Waals surface area (Å²) in [7, 11) is 0. The number of hydrogen-bond acceptors (Lipinski definition) is 0. The Morgan fingerprint density at radius 2 is 1.80 bits per heavy atom.